The van der Waals surface area contributed by atoms with Crippen LogP contribution in [0.2, 0.25) is 0 Å². The zero-order valence-electron chi connectivity index (χ0n) is 35.8. The van der Waals surface area contributed by atoms with Crippen molar-refractivity contribution in [2.24, 2.45) is 0 Å². The lowest BCUT2D eigenvalue weighted by Crippen LogP contribution is -2.11. The average Bonchev–Trinajstić information content (AvgIpc) is 3.39. The van der Waals surface area contributed by atoms with E-state index >= 15 is 0 Å². The molecule has 0 aliphatic carbocycles. The molecule has 12 aromatic rings. The van der Waals surface area contributed by atoms with Gasteiger partial charge in [0.25, 0.3) is 0 Å². The molecule has 65 heavy (non-hydrogen) atoms. The zero-order chi connectivity index (χ0) is 43.1. The predicted octanol–water partition coefficient (Wildman–Crippen LogP) is 18.1. The minimum Gasteiger partial charge on any atom is -0.310 e. The summed E-state index contributed by atoms with van der Waals surface area (Å²) in [6.07, 6.45) is 0. The maximum Gasteiger partial charge on any atom is 0.0540 e. The SMILES string of the molecule is c1ccc(-c2ccc(N(c3ccc(-c4ccccc4-c4ccccc4)cc3)c3ccc(-c4cc5ccccc5c5ccccc45)cc3-c3ccc4c(ccc5ccccc54)c3)cc2)cc1. The zero-order valence-corrected chi connectivity index (χ0v) is 35.8. The first-order chi connectivity index (χ1) is 32.2. The Morgan fingerprint density at radius 1 is 0.200 bits per heavy atom. The molecule has 0 spiro atoms. The van der Waals surface area contributed by atoms with E-state index in [1.165, 1.54) is 87.6 Å². The molecule has 0 heterocycles. The fourth-order valence-corrected chi connectivity index (χ4v) is 9.86. The summed E-state index contributed by atoms with van der Waals surface area (Å²) in [5.41, 5.74) is 15.2. The van der Waals surface area contributed by atoms with Gasteiger partial charge in [-0.1, -0.05) is 212 Å². The Labute approximate surface area is 379 Å². The summed E-state index contributed by atoms with van der Waals surface area (Å²) < 4.78 is 0. The number of rotatable bonds is 8. The van der Waals surface area contributed by atoms with Gasteiger partial charge in [0.05, 0.1) is 5.69 Å². The van der Waals surface area contributed by atoms with Crippen LogP contribution in [0.4, 0.5) is 17.1 Å². The molecular formula is C64H43N. The van der Waals surface area contributed by atoms with Crippen LogP contribution in [0.5, 0.6) is 0 Å². The molecule has 1 heteroatoms. The molecule has 12 rings (SSSR count). The number of anilines is 3. The molecule has 0 aromatic heterocycles. The molecule has 0 unspecified atom stereocenters. The van der Waals surface area contributed by atoms with E-state index in [4.69, 9.17) is 0 Å². The van der Waals surface area contributed by atoms with Gasteiger partial charge in [0.2, 0.25) is 0 Å². The molecule has 0 radical (unpaired) electrons. The fourth-order valence-electron chi connectivity index (χ4n) is 9.86. The normalized spacial score (nSPS) is 11.4. The number of hydrogen-bond donors (Lipinski definition) is 0. The van der Waals surface area contributed by atoms with Crippen LogP contribution in [0.15, 0.2) is 261 Å². The van der Waals surface area contributed by atoms with Gasteiger partial charge in [0.1, 0.15) is 0 Å². The monoisotopic (exact) mass is 825 g/mol. The highest BCUT2D eigenvalue weighted by atomic mass is 15.1. The lowest BCUT2D eigenvalue weighted by Gasteiger charge is -2.29. The lowest BCUT2D eigenvalue weighted by atomic mass is 9.90. The van der Waals surface area contributed by atoms with Crippen LogP contribution < -0.4 is 4.90 Å². The van der Waals surface area contributed by atoms with Gasteiger partial charge in [-0.25, -0.2) is 0 Å². The third-order valence-electron chi connectivity index (χ3n) is 13.1. The van der Waals surface area contributed by atoms with Crippen molar-refractivity contribution in [1.29, 1.82) is 0 Å². The summed E-state index contributed by atoms with van der Waals surface area (Å²) >= 11 is 0. The number of nitrogens with zero attached hydrogens (tertiary/aromatic N) is 1. The Morgan fingerprint density at radius 3 is 1.32 bits per heavy atom. The van der Waals surface area contributed by atoms with Crippen LogP contribution in [0.25, 0.3) is 98.7 Å². The molecule has 0 aliphatic heterocycles. The van der Waals surface area contributed by atoms with Crippen molar-refractivity contribution in [2.75, 3.05) is 4.90 Å². The summed E-state index contributed by atoms with van der Waals surface area (Å²) in [7, 11) is 0. The van der Waals surface area contributed by atoms with Gasteiger partial charge in [0, 0.05) is 16.9 Å². The molecule has 1 nitrogen and oxygen atoms in total. The largest absolute Gasteiger partial charge is 0.310 e. The minimum absolute atomic E-state index is 1.08. The third-order valence-corrected chi connectivity index (χ3v) is 13.1. The Balaban J connectivity index is 1.08. The van der Waals surface area contributed by atoms with Crippen LogP contribution in [-0.2, 0) is 0 Å². The molecule has 304 valence electrons. The highest BCUT2D eigenvalue weighted by Gasteiger charge is 2.21. The van der Waals surface area contributed by atoms with Crippen LogP contribution in [0.3, 0.4) is 0 Å². The van der Waals surface area contributed by atoms with Gasteiger partial charge in [-0.2, -0.15) is 0 Å². The first kappa shape index (κ1) is 38.2. The van der Waals surface area contributed by atoms with E-state index in [2.05, 4.69) is 266 Å². The summed E-state index contributed by atoms with van der Waals surface area (Å²) in [6, 6.07) is 95.4. The van der Waals surface area contributed by atoms with Crippen LogP contribution in [-0.4, -0.2) is 0 Å². The number of hydrogen-bond acceptors (Lipinski definition) is 1. The van der Waals surface area contributed by atoms with E-state index in [9.17, 15) is 0 Å². The topological polar surface area (TPSA) is 3.24 Å². The Bertz CT molecular complexity index is 3680. The summed E-state index contributed by atoms with van der Waals surface area (Å²) in [4.78, 5) is 2.43. The molecule has 0 amide bonds. The van der Waals surface area contributed by atoms with E-state index in [1.807, 2.05) is 0 Å². The summed E-state index contributed by atoms with van der Waals surface area (Å²) in [6.45, 7) is 0. The second kappa shape index (κ2) is 16.3. The van der Waals surface area contributed by atoms with Crippen molar-refractivity contribution in [3.8, 4) is 55.6 Å². The Morgan fingerprint density at radius 2 is 0.631 bits per heavy atom. The maximum absolute atomic E-state index is 2.43. The van der Waals surface area contributed by atoms with E-state index < -0.39 is 0 Å². The standard InChI is InChI=1S/C64H43N/c1-3-15-44(16-4-1)45-29-35-53(36-30-45)65(54-37-31-48(32-38-54)57-23-12-11-22-55(57)46-17-5-2-6-18-46)64-40-34-52(62-42-49-20-8-10-24-58(49)60-25-13-14-26-61(60)62)43-63(64)51-33-39-59-50(41-51)28-27-47-19-7-9-21-56(47)59/h1-43H. The molecule has 0 bridgehead atoms. The molecular weight excluding hydrogens is 783 g/mol. The summed E-state index contributed by atoms with van der Waals surface area (Å²) in [5, 5.41) is 10.00. The first-order valence-corrected chi connectivity index (χ1v) is 22.4. The highest BCUT2D eigenvalue weighted by Crippen LogP contribution is 2.46. The van der Waals surface area contributed by atoms with Crippen molar-refractivity contribution >= 4 is 60.2 Å². The van der Waals surface area contributed by atoms with Gasteiger partial charge >= 0.3 is 0 Å². The third kappa shape index (κ3) is 7.01. The highest BCUT2D eigenvalue weighted by molar-refractivity contribution is 6.14. The molecule has 0 saturated heterocycles. The van der Waals surface area contributed by atoms with E-state index in [-0.39, 0.29) is 0 Å². The Kier molecular flexibility index (Phi) is 9.58. The fraction of sp³-hybridized carbons (Fsp3) is 0. The average molecular weight is 826 g/mol. The van der Waals surface area contributed by atoms with E-state index in [0.717, 1.165) is 28.2 Å². The Hall–Kier alpha value is -8.52. The van der Waals surface area contributed by atoms with E-state index in [0.29, 0.717) is 0 Å². The minimum atomic E-state index is 1.08. The smallest absolute Gasteiger partial charge is 0.0540 e. The van der Waals surface area contributed by atoms with Crippen molar-refractivity contribution in [1.82, 2.24) is 0 Å². The predicted molar refractivity (Wildman–Crippen MR) is 278 cm³/mol. The van der Waals surface area contributed by atoms with Crippen molar-refractivity contribution in [2.45, 2.75) is 0 Å². The second-order valence-electron chi connectivity index (χ2n) is 16.9. The van der Waals surface area contributed by atoms with Gasteiger partial charge in [-0.15, -0.1) is 0 Å². The molecule has 0 N–H and O–H groups in total. The van der Waals surface area contributed by atoms with Gasteiger partial charge in [-0.3, -0.25) is 0 Å². The molecule has 0 atom stereocenters. The van der Waals surface area contributed by atoms with Crippen LogP contribution in [0.1, 0.15) is 0 Å². The molecule has 0 fully saturated rings. The molecule has 0 aliphatic rings. The maximum atomic E-state index is 2.43. The summed E-state index contributed by atoms with van der Waals surface area (Å²) in [5.74, 6) is 0. The van der Waals surface area contributed by atoms with Crippen LogP contribution >= 0.6 is 0 Å². The van der Waals surface area contributed by atoms with Crippen molar-refractivity contribution in [3.63, 3.8) is 0 Å². The molecule has 12 aromatic carbocycles. The molecule has 0 saturated carbocycles. The quantitative estimate of drug-likeness (QED) is 0.138. The van der Waals surface area contributed by atoms with Crippen molar-refractivity contribution in [3.05, 3.63) is 261 Å². The lowest BCUT2D eigenvalue weighted by molar-refractivity contribution is 1.28. The number of fused-ring (bicyclic) bond motifs is 6. The van der Waals surface area contributed by atoms with Crippen LogP contribution in [0, 0.1) is 0 Å². The first-order valence-electron chi connectivity index (χ1n) is 22.4. The number of benzene rings is 12. The van der Waals surface area contributed by atoms with Gasteiger partial charge in [-0.05, 0) is 142 Å². The van der Waals surface area contributed by atoms with Gasteiger partial charge < -0.3 is 4.90 Å². The van der Waals surface area contributed by atoms with Gasteiger partial charge in [0.15, 0.2) is 0 Å². The van der Waals surface area contributed by atoms with Crippen molar-refractivity contribution < 1.29 is 0 Å². The van der Waals surface area contributed by atoms with E-state index in [1.54, 1.807) is 0 Å². The second-order valence-corrected chi connectivity index (χ2v) is 16.9.